The summed E-state index contributed by atoms with van der Waals surface area (Å²) in [6, 6.07) is 11.6. The van der Waals surface area contributed by atoms with Gasteiger partial charge in [0.2, 0.25) is 5.89 Å². The predicted octanol–water partition coefficient (Wildman–Crippen LogP) is 3.01. The van der Waals surface area contributed by atoms with Crippen LogP contribution in [-0.2, 0) is 6.42 Å². The number of oxazole rings is 1. The summed E-state index contributed by atoms with van der Waals surface area (Å²) in [5, 5.41) is 0. The van der Waals surface area contributed by atoms with Crippen LogP contribution in [0.1, 0.15) is 5.56 Å². The summed E-state index contributed by atoms with van der Waals surface area (Å²) in [4.78, 5) is 4.48. The number of nitrogen functional groups attached to an aromatic ring is 1. The maximum atomic E-state index is 5.90. The van der Waals surface area contributed by atoms with E-state index in [1.165, 1.54) is 5.56 Å². The van der Waals surface area contributed by atoms with Gasteiger partial charge in [-0.05, 0) is 35.9 Å². The Morgan fingerprint density at radius 1 is 1.16 bits per heavy atom. The van der Waals surface area contributed by atoms with Gasteiger partial charge in [0.15, 0.2) is 5.58 Å². The van der Waals surface area contributed by atoms with Crippen molar-refractivity contribution in [2.45, 2.75) is 6.42 Å². The molecule has 4 rings (SSSR count). The van der Waals surface area contributed by atoms with Crippen LogP contribution in [0.2, 0.25) is 0 Å². The Bertz CT molecular complexity index is 777. The zero-order chi connectivity index (χ0) is 12.8. The normalized spacial score (nSPS) is 13.5. The van der Waals surface area contributed by atoms with E-state index >= 15 is 0 Å². The first kappa shape index (κ1) is 10.4. The van der Waals surface area contributed by atoms with E-state index in [0.717, 1.165) is 24.3 Å². The van der Waals surface area contributed by atoms with E-state index in [9.17, 15) is 0 Å². The maximum absolute atomic E-state index is 5.90. The number of benzene rings is 2. The molecular weight excluding hydrogens is 240 g/mol. The fourth-order valence-electron chi connectivity index (χ4n) is 2.41. The number of para-hydroxylation sites is 1. The minimum absolute atomic E-state index is 0.600. The topological polar surface area (TPSA) is 61.3 Å². The Morgan fingerprint density at radius 2 is 2.11 bits per heavy atom. The molecule has 0 spiro atoms. The molecule has 3 aromatic rings. The van der Waals surface area contributed by atoms with Crippen molar-refractivity contribution in [1.29, 1.82) is 0 Å². The SMILES string of the molecule is Nc1cccc2oc(-c3ccc4c(c3)CCO4)nc12. The Kier molecular flexibility index (Phi) is 2.06. The molecular formula is C15H12N2O2. The quantitative estimate of drug-likeness (QED) is 0.676. The highest BCUT2D eigenvalue weighted by Crippen LogP contribution is 2.32. The van der Waals surface area contributed by atoms with E-state index in [2.05, 4.69) is 11.1 Å². The zero-order valence-corrected chi connectivity index (χ0v) is 10.2. The Morgan fingerprint density at radius 3 is 3.00 bits per heavy atom. The number of hydrogen-bond donors (Lipinski definition) is 1. The van der Waals surface area contributed by atoms with Crippen molar-refractivity contribution in [2.75, 3.05) is 12.3 Å². The second-order valence-corrected chi connectivity index (χ2v) is 4.63. The average Bonchev–Trinajstić information content (AvgIpc) is 3.04. The summed E-state index contributed by atoms with van der Waals surface area (Å²) in [5.74, 6) is 1.56. The van der Waals surface area contributed by atoms with Gasteiger partial charge in [0.05, 0.1) is 12.3 Å². The number of nitrogens with two attached hydrogens (primary N) is 1. The first-order valence-electron chi connectivity index (χ1n) is 6.22. The van der Waals surface area contributed by atoms with E-state index in [1.54, 1.807) is 0 Å². The molecule has 2 heterocycles. The fourth-order valence-corrected chi connectivity index (χ4v) is 2.41. The zero-order valence-electron chi connectivity index (χ0n) is 10.2. The predicted molar refractivity (Wildman–Crippen MR) is 73.1 cm³/mol. The van der Waals surface area contributed by atoms with Crippen LogP contribution < -0.4 is 10.5 Å². The molecule has 4 heteroatoms. The third-order valence-electron chi connectivity index (χ3n) is 3.39. The molecule has 94 valence electrons. The van der Waals surface area contributed by atoms with Gasteiger partial charge in [-0.2, -0.15) is 0 Å². The van der Waals surface area contributed by atoms with Gasteiger partial charge in [-0.15, -0.1) is 0 Å². The smallest absolute Gasteiger partial charge is 0.227 e. The summed E-state index contributed by atoms with van der Waals surface area (Å²) in [6.45, 7) is 0.749. The third-order valence-corrected chi connectivity index (χ3v) is 3.39. The lowest BCUT2D eigenvalue weighted by atomic mass is 10.1. The van der Waals surface area contributed by atoms with E-state index < -0.39 is 0 Å². The van der Waals surface area contributed by atoms with Crippen LogP contribution in [0.5, 0.6) is 5.75 Å². The molecule has 0 saturated heterocycles. The molecule has 0 aliphatic carbocycles. The van der Waals surface area contributed by atoms with Crippen molar-refractivity contribution in [2.24, 2.45) is 0 Å². The van der Waals surface area contributed by atoms with Gasteiger partial charge in [0.25, 0.3) is 0 Å². The number of fused-ring (bicyclic) bond motifs is 2. The molecule has 2 N–H and O–H groups in total. The van der Waals surface area contributed by atoms with Crippen LogP contribution in [0.25, 0.3) is 22.6 Å². The molecule has 0 fully saturated rings. The minimum atomic E-state index is 0.600. The van der Waals surface area contributed by atoms with Gasteiger partial charge in [0.1, 0.15) is 11.3 Å². The highest BCUT2D eigenvalue weighted by Gasteiger charge is 2.15. The first-order chi connectivity index (χ1) is 9.31. The number of aromatic nitrogens is 1. The lowest BCUT2D eigenvalue weighted by Gasteiger charge is -2.00. The van der Waals surface area contributed by atoms with Crippen LogP contribution in [0.3, 0.4) is 0 Å². The molecule has 0 amide bonds. The number of ether oxygens (including phenoxy) is 1. The number of anilines is 1. The van der Waals surface area contributed by atoms with Crippen molar-refractivity contribution in [3.63, 3.8) is 0 Å². The van der Waals surface area contributed by atoms with Crippen LogP contribution in [0.4, 0.5) is 5.69 Å². The van der Waals surface area contributed by atoms with Gasteiger partial charge in [0, 0.05) is 12.0 Å². The lowest BCUT2D eigenvalue weighted by molar-refractivity contribution is 0.357. The van der Waals surface area contributed by atoms with Gasteiger partial charge in [-0.1, -0.05) is 6.07 Å². The van der Waals surface area contributed by atoms with Gasteiger partial charge < -0.3 is 14.9 Å². The Labute approximate surface area is 109 Å². The molecule has 0 bridgehead atoms. The lowest BCUT2D eigenvalue weighted by Crippen LogP contribution is -1.85. The van der Waals surface area contributed by atoms with Crippen molar-refractivity contribution in [3.8, 4) is 17.2 Å². The van der Waals surface area contributed by atoms with Crippen LogP contribution in [0.15, 0.2) is 40.8 Å². The molecule has 2 aromatic carbocycles. The molecule has 4 nitrogen and oxygen atoms in total. The summed E-state index contributed by atoms with van der Waals surface area (Å²) in [7, 11) is 0. The highest BCUT2D eigenvalue weighted by molar-refractivity contribution is 5.87. The second kappa shape index (κ2) is 3.75. The van der Waals surface area contributed by atoms with Crippen LogP contribution in [0, 0.1) is 0 Å². The number of rotatable bonds is 1. The largest absolute Gasteiger partial charge is 0.493 e. The molecule has 0 radical (unpaired) electrons. The van der Waals surface area contributed by atoms with Gasteiger partial charge in [-0.25, -0.2) is 4.98 Å². The molecule has 0 unspecified atom stereocenters. The average molecular weight is 252 g/mol. The minimum Gasteiger partial charge on any atom is -0.493 e. The van der Waals surface area contributed by atoms with Gasteiger partial charge >= 0.3 is 0 Å². The van der Waals surface area contributed by atoms with E-state index in [-0.39, 0.29) is 0 Å². The Hall–Kier alpha value is -2.49. The summed E-state index contributed by atoms with van der Waals surface area (Å²) >= 11 is 0. The molecule has 0 saturated carbocycles. The maximum Gasteiger partial charge on any atom is 0.227 e. The number of hydrogen-bond acceptors (Lipinski definition) is 4. The Balaban J connectivity index is 1.88. The van der Waals surface area contributed by atoms with Crippen molar-refractivity contribution in [3.05, 3.63) is 42.0 Å². The first-order valence-corrected chi connectivity index (χ1v) is 6.22. The monoisotopic (exact) mass is 252 g/mol. The summed E-state index contributed by atoms with van der Waals surface area (Å²) in [6.07, 6.45) is 0.936. The van der Waals surface area contributed by atoms with Crippen LogP contribution >= 0.6 is 0 Å². The van der Waals surface area contributed by atoms with E-state index in [1.807, 2.05) is 30.3 Å². The van der Waals surface area contributed by atoms with Gasteiger partial charge in [-0.3, -0.25) is 0 Å². The second-order valence-electron chi connectivity index (χ2n) is 4.63. The van der Waals surface area contributed by atoms with Crippen LogP contribution in [-0.4, -0.2) is 11.6 Å². The highest BCUT2D eigenvalue weighted by atomic mass is 16.5. The third kappa shape index (κ3) is 1.57. The van der Waals surface area contributed by atoms with Crippen molar-refractivity contribution >= 4 is 16.8 Å². The van der Waals surface area contributed by atoms with E-state index in [0.29, 0.717) is 22.7 Å². The standard InChI is InChI=1S/C15H12N2O2/c16-11-2-1-3-13-14(11)17-15(19-13)10-4-5-12-9(8-10)6-7-18-12/h1-5,8H,6-7,16H2. The van der Waals surface area contributed by atoms with E-state index in [4.69, 9.17) is 14.9 Å². The molecule has 19 heavy (non-hydrogen) atoms. The molecule has 1 aliphatic rings. The molecule has 0 atom stereocenters. The fraction of sp³-hybridized carbons (Fsp3) is 0.133. The van der Waals surface area contributed by atoms with Crippen molar-refractivity contribution in [1.82, 2.24) is 4.98 Å². The number of nitrogens with zero attached hydrogens (tertiary/aromatic N) is 1. The molecule has 1 aromatic heterocycles. The molecule has 1 aliphatic heterocycles. The summed E-state index contributed by atoms with van der Waals surface area (Å²) in [5.41, 5.74) is 10.1. The summed E-state index contributed by atoms with van der Waals surface area (Å²) < 4.78 is 11.3. The van der Waals surface area contributed by atoms with Crippen molar-refractivity contribution < 1.29 is 9.15 Å².